The maximum absolute atomic E-state index is 12.2. The molecule has 0 saturated heterocycles. The maximum atomic E-state index is 12.2. The molecule has 20 heteroatoms. The van der Waals surface area contributed by atoms with Crippen LogP contribution in [0.1, 0.15) is 18.6 Å². The van der Waals surface area contributed by atoms with Gasteiger partial charge in [0.15, 0.2) is 5.52 Å². The van der Waals surface area contributed by atoms with Crippen LogP contribution in [0.25, 0.3) is 22.1 Å². The molecule has 0 unspecified atom stereocenters. The van der Waals surface area contributed by atoms with Crippen molar-refractivity contribution in [3.63, 3.8) is 0 Å². The van der Waals surface area contributed by atoms with Gasteiger partial charge in [0, 0.05) is 12.1 Å². The minimum atomic E-state index is -4.96. The second-order valence-electron chi connectivity index (χ2n) is 7.24. The second kappa shape index (κ2) is 10.3. The number of halogens is 6. The van der Waals surface area contributed by atoms with E-state index in [0.29, 0.717) is 11.1 Å². The summed E-state index contributed by atoms with van der Waals surface area (Å²) in [4.78, 5) is 27.8. The Morgan fingerprint density at radius 2 is 1.32 bits per heavy atom. The quantitative estimate of drug-likeness (QED) is 0.160. The zero-order valence-corrected chi connectivity index (χ0v) is 18.6. The van der Waals surface area contributed by atoms with Crippen LogP contribution in [0.3, 0.4) is 0 Å². The Hall–Kier alpha value is -4.78. The lowest BCUT2D eigenvalue weighted by atomic mass is 10.2. The number of fused-ring (bicyclic) bond motifs is 2. The van der Waals surface area contributed by atoms with Gasteiger partial charge in [-0.05, 0) is 42.3 Å². The summed E-state index contributed by atoms with van der Waals surface area (Å²) in [6.07, 6.45) is -9.90. The molecule has 4 rings (SSSR count). The fourth-order valence-corrected chi connectivity index (χ4v) is 3.17. The molecule has 0 bridgehead atoms. The molecular weight excluding hydrogens is 538 g/mol. The van der Waals surface area contributed by atoms with Gasteiger partial charge < -0.3 is 0 Å². The van der Waals surface area contributed by atoms with Crippen molar-refractivity contribution in [3.8, 4) is 0 Å². The highest BCUT2D eigenvalue weighted by Crippen LogP contribution is 2.26. The SMILES string of the molecule is C.Cc1cc([N+](=O)[O-])c2c(c1)n(OC(F)(F)F)n[n+]2C.Cc1cc([N+](=O)[O-])c2nnn(OC(F)(F)F)c2c1. The fraction of sp³-hybridized carbons (Fsp3) is 0.333. The van der Waals surface area contributed by atoms with Crippen LogP contribution in [-0.2, 0) is 7.05 Å². The summed E-state index contributed by atoms with van der Waals surface area (Å²) in [6.45, 7) is 3.02. The molecule has 2 aromatic carbocycles. The first-order valence-electron chi connectivity index (χ1n) is 9.54. The predicted molar refractivity (Wildman–Crippen MR) is 113 cm³/mol. The Labute approximate surface area is 206 Å². The van der Waals surface area contributed by atoms with Crippen LogP contribution < -0.4 is 14.4 Å². The van der Waals surface area contributed by atoms with Crippen LogP contribution in [0, 0.1) is 34.1 Å². The minimum absolute atomic E-state index is 0. The fourth-order valence-electron chi connectivity index (χ4n) is 3.17. The van der Waals surface area contributed by atoms with Gasteiger partial charge in [-0.1, -0.05) is 12.3 Å². The van der Waals surface area contributed by atoms with Crippen molar-refractivity contribution in [3.05, 3.63) is 55.6 Å². The van der Waals surface area contributed by atoms with Gasteiger partial charge in [-0.15, -0.1) is 36.1 Å². The van der Waals surface area contributed by atoms with Gasteiger partial charge in [-0.2, -0.15) is 0 Å². The number of aromatic nitrogens is 6. The number of hydrogen-bond donors (Lipinski definition) is 0. The van der Waals surface area contributed by atoms with E-state index in [1.165, 1.54) is 45.2 Å². The van der Waals surface area contributed by atoms with Gasteiger partial charge >= 0.3 is 18.4 Å². The first-order valence-corrected chi connectivity index (χ1v) is 9.54. The van der Waals surface area contributed by atoms with Crippen molar-refractivity contribution < 1.29 is 50.5 Å². The van der Waals surface area contributed by atoms with Crippen LogP contribution in [0.2, 0.25) is 0 Å². The average Bonchev–Trinajstić information content (AvgIpc) is 3.25. The van der Waals surface area contributed by atoms with E-state index in [4.69, 9.17) is 0 Å². The summed E-state index contributed by atoms with van der Waals surface area (Å²) in [5.74, 6) is 0. The number of alkyl halides is 6. The molecule has 0 saturated carbocycles. The van der Waals surface area contributed by atoms with Crippen molar-refractivity contribution >= 4 is 33.4 Å². The predicted octanol–water partition coefficient (Wildman–Crippen LogP) is 3.26. The highest BCUT2D eigenvalue weighted by Gasteiger charge is 2.39. The second-order valence-corrected chi connectivity index (χ2v) is 7.24. The zero-order chi connectivity index (χ0) is 27.9. The van der Waals surface area contributed by atoms with Crippen molar-refractivity contribution in [1.29, 1.82) is 0 Å². The molecule has 4 aromatic rings. The third kappa shape index (κ3) is 6.50. The Kier molecular flexibility index (Phi) is 7.98. The van der Waals surface area contributed by atoms with E-state index in [0.717, 1.165) is 4.68 Å². The van der Waals surface area contributed by atoms with E-state index in [1.807, 2.05) is 0 Å². The Morgan fingerprint density at radius 1 is 0.842 bits per heavy atom. The molecule has 2 heterocycles. The number of hydrogen-bond acceptors (Lipinski definition) is 9. The average molecular weight is 555 g/mol. The first kappa shape index (κ1) is 29.5. The Bertz CT molecular complexity index is 1510. The standard InChI is InChI=1S/C9H8F3N4O3.C8H5F3N4O3.CH4/c1-5-3-6-8(7(4-5)16(17)18)14(2)13-15(6)19-9(10,11)12;1-4-2-5-7(6(3-4)15(16)17)12-13-14(5)18-8(9,10)11;/h3-4H,1-2H3;2-3H,1H3;1H4/q+1;;. The molecule has 0 radical (unpaired) electrons. The molecule has 0 aliphatic carbocycles. The lowest BCUT2D eigenvalue weighted by Gasteiger charge is -2.07. The summed E-state index contributed by atoms with van der Waals surface area (Å²) >= 11 is 0. The minimum Gasteiger partial charge on any atom is -0.293 e. The van der Waals surface area contributed by atoms with Crippen molar-refractivity contribution in [2.75, 3.05) is 0 Å². The smallest absolute Gasteiger partial charge is 0.293 e. The Morgan fingerprint density at radius 3 is 1.82 bits per heavy atom. The van der Waals surface area contributed by atoms with Gasteiger partial charge in [0.1, 0.15) is 17.8 Å². The molecule has 0 spiro atoms. The van der Waals surface area contributed by atoms with E-state index in [1.54, 1.807) is 0 Å². The van der Waals surface area contributed by atoms with Crippen molar-refractivity contribution in [1.82, 2.24) is 25.2 Å². The van der Waals surface area contributed by atoms with Crippen LogP contribution in [-0.4, -0.2) is 47.8 Å². The van der Waals surface area contributed by atoms with E-state index < -0.39 is 28.3 Å². The van der Waals surface area contributed by atoms with E-state index in [-0.39, 0.29) is 44.9 Å². The summed E-state index contributed by atoms with van der Waals surface area (Å²) in [5, 5.41) is 31.5. The molecule has 0 aliphatic heterocycles. The molecular formula is C18H17F6N8O6+. The number of nitrogens with zero attached hydrogens (tertiary/aromatic N) is 8. The number of non-ortho nitro benzene ring substituents is 2. The molecule has 0 atom stereocenters. The molecule has 2 aromatic heterocycles. The largest absolute Gasteiger partial charge is 0.610 e. The summed E-state index contributed by atoms with van der Waals surface area (Å²) in [5.41, 5.74) is -0.632. The molecule has 0 aliphatic rings. The third-order valence-corrected chi connectivity index (χ3v) is 4.38. The lowest BCUT2D eigenvalue weighted by molar-refractivity contribution is -0.713. The monoisotopic (exact) mass is 555 g/mol. The van der Waals surface area contributed by atoms with Gasteiger partial charge in [-0.3, -0.25) is 25.1 Å². The molecule has 14 nitrogen and oxygen atoms in total. The molecule has 206 valence electrons. The number of aryl methyl sites for hydroxylation is 3. The zero-order valence-electron chi connectivity index (χ0n) is 18.6. The third-order valence-electron chi connectivity index (χ3n) is 4.38. The summed E-state index contributed by atoms with van der Waals surface area (Å²) in [7, 11) is 1.29. The molecule has 0 fully saturated rings. The van der Waals surface area contributed by atoms with Crippen LogP contribution in [0.5, 0.6) is 0 Å². The van der Waals surface area contributed by atoms with Gasteiger partial charge in [0.25, 0.3) is 16.7 Å². The van der Waals surface area contributed by atoms with E-state index in [9.17, 15) is 46.6 Å². The molecule has 0 amide bonds. The highest BCUT2D eigenvalue weighted by molar-refractivity contribution is 5.84. The normalized spacial score (nSPS) is 11.5. The Balaban J connectivity index is 0.000000260. The molecule has 0 N–H and O–H groups in total. The summed E-state index contributed by atoms with van der Waals surface area (Å²) in [6, 6.07) is 5.02. The first-order chi connectivity index (χ1) is 17.0. The topological polar surface area (TPSA) is 157 Å². The number of nitro groups is 2. The number of nitro benzene ring substituents is 2. The number of benzene rings is 2. The highest BCUT2D eigenvalue weighted by atomic mass is 19.4. The summed E-state index contributed by atoms with van der Waals surface area (Å²) < 4.78 is 73.8. The molecule has 38 heavy (non-hydrogen) atoms. The van der Waals surface area contributed by atoms with Crippen LogP contribution >= 0.6 is 0 Å². The van der Waals surface area contributed by atoms with Crippen LogP contribution in [0.4, 0.5) is 37.7 Å². The van der Waals surface area contributed by atoms with Gasteiger partial charge in [-0.25, -0.2) is 4.84 Å². The van der Waals surface area contributed by atoms with Crippen molar-refractivity contribution in [2.24, 2.45) is 7.05 Å². The van der Waals surface area contributed by atoms with Gasteiger partial charge in [0.05, 0.1) is 14.7 Å². The van der Waals surface area contributed by atoms with E-state index >= 15 is 0 Å². The number of rotatable bonds is 4. The lowest BCUT2D eigenvalue weighted by Crippen LogP contribution is -2.35. The van der Waals surface area contributed by atoms with Crippen molar-refractivity contribution in [2.45, 2.75) is 34.0 Å². The van der Waals surface area contributed by atoms with Crippen LogP contribution in [0.15, 0.2) is 24.3 Å². The maximum Gasteiger partial charge on any atom is 0.610 e. The van der Waals surface area contributed by atoms with Gasteiger partial charge in [0.2, 0.25) is 0 Å². The van der Waals surface area contributed by atoms with E-state index in [2.05, 4.69) is 25.2 Å².